The number of thiophene rings is 1. The van der Waals surface area contributed by atoms with Gasteiger partial charge in [0.2, 0.25) is 5.28 Å². The van der Waals surface area contributed by atoms with Crippen molar-refractivity contribution in [2.75, 3.05) is 5.32 Å². The van der Waals surface area contributed by atoms with Crippen LogP contribution in [0.3, 0.4) is 0 Å². The van der Waals surface area contributed by atoms with Gasteiger partial charge < -0.3 is 5.32 Å². The summed E-state index contributed by atoms with van der Waals surface area (Å²) >= 11 is 7.70. The first-order chi connectivity index (χ1) is 12.6. The minimum absolute atomic E-state index is 0.119. The molecule has 3 nitrogen and oxygen atoms in total. The minimum atomic E-state index is -0.879. The Morgan fingerprint density at radius 2 is 1.88 bits per heavy atom. The molecule has 2 aromatic carbocycles. The van der Waals surface area contributed by atoms with Gasteiger partial charge in [-0.25, -0.2) is 18.7 Å². The maximum absolute atomic E-state index is 13.4. The first kappa shape index (κ1) is 16.9. The molecule has 0 unspecified atom stereocenters. The summed E-state index contributed by atoms with van der Waals surface area (Å²) in [6, 6.07) is 13.7. The Bertz CT molecular complexity index is 1080. The fraction of sp³-hybridized carbons (Fsp3) is 0.0526. The molecule has 0 saturated heterocycles. The van der Waals surface area contributed by atoms with E-state index < -0.39 is 11.6 Å². The van der Waals surface area contributed by atoms with E-state index in [2.05, 4.69) is 15.3 Å². The Morgan fingerprint density at radius 3 is 2.65 bits per heavy atom. The molecule has 0 aliphatic carbocycles. The zero-order valence-electron chi connectivity index (χ0n) is 13.3. The number of aromatic nitrogens is 2. The van der Waals surface area contributed by atoms with Gasteiger partial charge in [-0.1, -0.05) is 18.2 Å². The molecule has 0 spiro atoms. The first-order valence-corrected chi connectivity index (χ1v) is 9.05. The average molecular weight is 388 g/mol. The predicted molar refractivity (Wildman–Crippen MR) is 102 cm³/mol. The van der Waals surface area contributed by atoms with Crippen molar-refractivity contribution in [3.8, 4) is 10.4 Å². The van der Waals surface area contributed by atoms with Crippen molar-refractivity contribution in [1.29, 1.82) is 0 Å². The SMILES string of the molecule is Fc1ccc(CNc2nc(Cl)nc3cc(-c4cccs4)ccc23)cc1F. The van der Waals surface area contributed by atoms with Crippen molar-refractivity contribution < 1.29 is 8.78 Å². The molecule has 0 atom stereocenters. The minimum Gasteiger partial charge on any atom is -0.365 e. The molecule has 0 saturated carbocycles. The van der Waals surface area contributed by atoms with Gasteiger partial charge in [-0.15, -0.1) is 11.3 Å². The molecule has 0 aliphatic rings. The lowest BCUT2D eigenvalue weighted by Gasteiger charge is -2.10. The second-order valence-corrected chi connectivity index (χ2v) is 6.94. The smallest absolute Gasteiger partial charge is 0.224 e. The van der Waals surface area contributed by atoms with E-state index in [1.807, 2.05) is 35.7 Å². The lowest BCUT2D eigenvalue weighted by Crippen LogP contribution is -2.04. The summed E-state index contributed by atoms with van der Waals surface area (Å²) < 4.78 is 26.4. The second kappa shape index (κ2) is 6.97. The van der Waals surface area contributed by atoms with Crippen molar-refractivity contribution in [3.63, 3.8) is 0 Å². The van der Waals surface area contributed by atoms with E-state index in [0.29, 0.717) is 16.9 Å². The molecule has 0 fully saturated rings. The lowest BCUT2D eigenvalue weighted by atomic mass is 10.1. The third kappa shape index (κ3) is 3.38. The van der Waals surface area contributed by atoms with Crippen LogP contribution in [0.15, 0.2) is 53.9 Å². The van der Waals surface area contributed by atoms with Crippen LogP contribution in [0.1, 0.15) is 5.56 Å². The molecule has 4 rings (SSSR count). The highest BCUT2D eigenvalue weighted by molar-refractivity contribution is 7.13. The zero-order valence-corrected chi connectivity index (χ0v) is 14.9. The van der Waals surface area contributed by atoms with E-state index in [1.54, 1.807) is 11.3 Å². The number of halogens is 3. The molecule has 0 radical (unpaired) electrons. The van der Waals surface area contributed by atoms with E-state index in [9.17, 15) is 8.78 Å². The van der Waals surface area contributed by atoms with Crippen LogP contribution < -0.4 is 5.32 Å². The summed E-state index contributed by atoms with van der Waals surface area (Å²) in [5, 5.41) is 6.06. The summed E-state index contributed by atoms with van der Waals surface area (Å²) in [6.07, 6.45) is 0. The maximum atomic E-state index is 13.4. The van der Waals surface area contributed by atoms with Gasteiger partial charge in [0.1, 0.15) is 5.82 Å². The second-order valence-electron chi connectivity index (χ2n) is 5.65. The fourth-order valence-corrected chi connectivity index (χ4v) is 3.57. The monoisotopic (exact) mass is 387 g/mol. The molecule has 4 aromatic rings. The van der Waals surface area contributed by atoms with Gasteiger partial charge >= 0.3 is 0 Å². The third-order valence-electron chi connectivity index (χ3n) is 3.92. The number of benzene rings is 2. The molecule has 1 N–H and O–H groups in total. The number of anilines is 1. The van der Waals surface area contributed by atoms with Crippen LogP contribution in [0.2, 0.25) is 5.28 Å². The van der Waals surface area contributed by atoms with E-state index in [-0.39, 0.29) is 11.8 Å². The Kier molecular flexibility index (Phi) is 4.53. The molecular weight excluding hydrogens is 376 g/mol. The molecule has 26 heavy (non-hydrogen) atoms. The lowest BCUT2D eigenvalue weighted by molar-refractivity contribution is 0.507. The Labute approximate surface area is 157 Å². The van der Waals surface area contributed by atoms with Crippen LogP contribution in [-0.4, -0.2) is 9.97 Å². The van der Waals surface area contributed by atoms with Crippen molar-refractivity contribution in [3.05, 3.63) is 76.4 Å². The molecule has 130 valence electrons. The van der Waals surface area contributed by atoms with E-state index in [4.69, 9.17) is 11.6 Å². The van der Waals surface area contributed by atoms with Gasteiger partial charge in [0.15, 0.2) is 11.6 Å². The largest absolute Gasteiger partial charge is 0.365 e. The maximum Gasteiger partial charge on any atom is 0.224 e. The van der Waals surface area contributed by atoms with Crippen molar-refractivity contribution >= 4 is 39.7 Å². The molecule has 0 bridgehead atoms. The summed E-state index contributed by atoms with van der Waals surface area (Å²) in [5.41, 5.74) is 2.36. The topological polar surface area (TPSA) is 37.8 Å². The summed E-state index contributed by atoms with van der Waals surface area (Å²) in [5.74, 6) is -1.21. The van der Waals surface area contributed by atoms with Crippen LogP contribution in [0.5, 0.6) is 0 Å². The van der Waals surface area contributed by atoms with Crippen LogP contribution in [0.25, 0.3) is 21.3 Å². The van der Waals surface area contributed by atoms with Crippen molar-refractivity contribution in [2.24, 2.45) is 0 Å². The van der Waals surface area contributed by atoms with Gasteiger partial charge in [0, 0.05) is 16.8 Å². The standard InChI is InChI=1S/C19H12ClF2N3S/c20-19-24-16-9-12(17-2-1-7-26-17)4-5-13(16)18(25-19)23-10-11-3-6-14(21)15(22)8-11/h1-9H,10H2,(H,23,24,25). The molecular formula is C19H12ClF2N3S. The van der Waals surface area contributed by atoms with Gasteiger partial charge in [0.25, 0.3) is 0 Å². The highest BCUT2D eigenvalue weighted by Crippen LogP contribution is 2.30. The van der Waals surface area contributed by atoms with Crippen molar-refractivity contribution in [1.82, 2.24) is 9.97 Å². The first-order valence-electron chi connectivity index (χ1n) is 7.79. The van der Waals surface area contributed by atoms with Crippen LogP contribution >= 0.6 is 22.9 Å². The molecule has 2 aromatic heterocycles. The Hall–Kier alpha value is -2.57. The van der Waals surface area contributed by atoms with Gasteiger partial charge in [-0.2, -0.15) is 0 Å². The van der Waals surface area contributed by atoms with E-state index in [1.165, 1.54) is 6.07 Å². The third-order valence-corrected chi connectivity index (χ3v) is 5.01. The van der Waals surface area contributed by atoms with Crippen LogP contribution in [0.4, 0.5) is 14.6 Å². The fourth-order valence-electron chi connectivity index (χ4n) is 2.67. The predicted octanol–water partition coefficient (Wildman–Crippen LogP) is 5.90. The zero-order chi connectivity index (χ0) is 18.1. The quantitative estimate of drug-likeness (QED) is 0.443. The highest BCUT2D eigenvalue weighted by Gasteiger charge is 2.10. The number of hydrogen-bond acceptors (Lipinski definition) is 4. The van der Waals surface area contributed by atoms with E-state index >= 15 is 0 Å². The number of nitrogens with zero attached hydrogens (tertiary/aromatic N) is 2. The van der Waals surface area contributed by atoms with Crippen molar-refractivity contribution in [2.45, 2.75) is 6.54 Å². The van der Waals surface area contributed by atoms with Gasteiger partial charge in [-0.3, -0.25) is 0 Å². The summed E-state index contributed by atoms with van der Waals surface area (Å²) in [6.45, 7) is 0.284. The normalized spacial score (nSPS) is 11.0. The summed E-state index contributed by atoms with van der Waals surface area (Å²) in [7, 11) is 0. The van der Waals surface area contributed by atoms with Gasteiger partial charge in [0.05, 0.1) is 5.52 Å². The van der Waals surface area contributed by atoms with Gasteiger partial charge in [-0.05, 0) is 58.4 Å². The molecule has 0 amide bonds. The van der Waals surface area contributed by atoms with Crippen LogP contribution in [-0.2, 0) is 6.54 Å². The molecule has 0 aliphatic heterocycles. The Balaban J connectivity index is 1.67. The highest BCUT2D eigenvalue weighted by atomic mass is 35.5. The number of nitrogens with one attached hydrogen (secondary N) is 1. The Morgan fingerprint density at radius 1 is 1.00 bits per heavy atom. The molecule has 7 heteroatoms. The number of hydrogen-bond donors (Lipinski definition) is 1. The van der Waals surface area contributed by atoms with Crippen LogP contribution in [0, 0.1) is 11.6 Å². The number of fused-ring (bicyclic) bond motifs is 1. The summed E-state index contributed by atoms with van der Waals surface area (Å²) in [4.78, 5) is 9.66. The number of rotatable bonds is 4. The molecule has 2 heterocycles. The van der Waals surface area contributed by atoms with E-state index in [0.717, 1.165) is 28.0 Å². The average Bonchev–Trinajstić information content (AvgIpc) is 3.16.